The van der Waals surface area contributed by atoms with Crippen LogP contribution in [0.5, 0.6) is 0 Å². The van der Waals surface area contributed by atoms with Crippen LogP contribution in [0.4, 0.5) is 0 Å². The Balaban J connectivity index is 3.56. The molecule has 0 amide bonds. The summed E-state index contributed by atoms with van der Waals surface area (Å²) < 4.78 is 10.7. The van der Waals surface area contributed by atoms with Gasteiger partial charge in [-0.1, -0.05) is 314 Å². The number of rotatable bonds is 61. The molecule has 0 saturated heterocycles. The molecule has 0 radical (unpaired) electrons. The standard InChI is InChI=1S/C75H126O5/c1-3-5-7-9-11-13-15-17-19-21-23-25-27-29-31-33-35-37-39-41-43-45-47-49-51-53-55-57-59-61-63-65-67-69-74(77)79-72-73(71-76)80-75(78)70-68-66-64-62-60-58-56-54-52-50-48-46-44-42-40-38-36-34-32-30-28-26-24-22-20-18-16-14-12-10-8-6-4-2/h6,8,12,14,18,20-21,23-24,26,30,32,36,38,42,44,48,50,54,56,60,62,73,76H,3-5,7,9-11,13,15-17,19,22,25,27-29,31,33-35,37,39-41,43,45-47,49,51-53,55,57-59,61,63-72H2,1-2H3/b8-6-,14-12-,20-18-,23-21-,26-24-,32-30-,38-36-,44-42-,50-48-,56-54-,62-60-. The largest absolute Gasteiger partial charge is 0.462 e. The molecule has 5 heteroatoms. The fourth-order valence-electron chi connectivity index (χ4n) is 9.40. The van der Waals surface area contributed by atoms with Gasteiger partial charge in [-0.3, -0.25) is 9.59 Å². The molecule has 0 aromatic carbocycles. The van der Waals surface area contributed by atoms with E-state index in [1.165, 1.54) is 180 Å². The van der Waals surface area contributed by atoms with Crippen molar-refractivity contribution in [2.45, 2.75) is 315 Å². The van der Waals surface area contributed by atoms with Gasteiger partial charge in [0, 0.05) is 12.8 Å². The third-order valence-electron chi connectivity index (χ3n) is 14.4. The zero-order chi connectivity index (χ0) is 57.6. The predicted octanol–water partition coefficient (Wildman–Crippen LogP) is 23.5. The molecule has 0 bridgehead atoms. The highest BCUT2D eigenvalue weighted by molar-refractivity contribution is 5.70. The molecule has 1 unspecified atom stereocenters. The molecule has 0 aromatic heterocycles. The summed E-state index contributed by atoms with van der Waals surface area (Å²) in [6, 6.07) is 0. The normalized spacial score (nSPS) is 13.1. The Labute approximate surface area is 496 Å². The van der Waals surface area contributed by atoms with Crippen LogP contribution in [0.3, 0.4) is 0 Å². The molecule has 0 spiro atoms. The predicted molar refractivity (Wildman–Crippen MR) is 352 cm³/mol. The number of aliphatic hydroxyl groups is 1. The van der Waals surface area contributed by atoms with Crippen LogP contribution in [0.15, 0.2) is 134 Å². The van der Waals surface area contributed by atoms with Crippen LogP contribution in [0.2, 0.25) is 0 Å². The van der Waals surface area contributed by atoms with Gasteiger partial charge in [0.25, 0.3) is 0 Å². The summed E-state index contributed by atoms with van der Waals surface area (Å²) in [5, 5.41) is 9.68. The molecule has 0 aliphatic rings. The second-order valence-corrected chi connectivity index (χ2v) is 22.2. The number of carbonyl (C=O) groups excluding carboxylic acids is 2. The quantitative estimate of drug-likeness (QED) is 0.0373. The first-order valence-electron chi connectivity index (χ1n) is 33.7. The van der Waals surface area contributed by atoms with Gasteiger partial charge in [-0.25, -0.2) is 0 Å². The van der Waals surface area contributed by atoms with Gasteiger partial charge in [-0.2, -0.15) is 0 Å². The highest BCUT2D eigenvalue weighted by Gasteiger charge is 2.16. The van der Waals surface area contributed by atoms with Crippen LogP contribution in [-0.4, -0.2) is 36.4 Å². The number of hydrogen-bond acceptors (Lipinski definition) is 5. The van der Waals surface area contributed by atoms with E-state index in [0.717, 1.165) is 103 Å². The number of ether oxygens (including phenoxy) is 2. The number of unbranched alkanes of at least 4 members (excludes halogenated alkanes) is 31. The van der Waals surface area contributed by atoms with E-state index >= 15 is 0 Å². The molecule has 0 heterocycles. The average Bonchev–Trinajstić information content (AvgIpc) is 3.46. The summed E-state index contributed by atoms with van der Waals surface area (Å²) in [6.07, 6.45) is 103. The highest BCUT2D eigenvalue weighted by Crippen LogP contribution is 2.17. The van der Waals surface area contributed by atoms with Crippen molar-refractivity contribution in [3.63, 3.8) is 0 Å². The molecule has 0 aromatic rings. The van der Waals surface area contributed by atoms with E-state index in [0.29, 0.717) is 12.8 Å². The molecule has 0 aliphatic carbocycles. The molecular formula is C75H126O5. The molecule has 1 atom stereocenters. The van der Waals surface area contributed by atoms with Crippen LogP contribution < -0.4 is 0 Å². The van der Waals surface area contributed by atoms with Crippen molar-refractivity contribution in [1.29, 1.82) is 0 Å². The Bertz CT molecular complexity index is 1630. The summed E-state index contributed by atoms with van der Waals surface area (Å²) in [5.41, 5.74) is 0. The molecular weight excluding hydrogens is 981 g/mol. The molecule has 0 saturated carbocycles. The maximum absolute atomic E-state index is 12.3. The van der Waals surface area contributed by atoms with Crippen LogP contribution in [0.1, 0.15) is 309 Å². The van der Waals surface area contributed by atoms with E-state index in [1.807, 2.05) is 0 Å². The Kier molecular flexibility index (Phi) is 65.9. The first kappa shape index (κ1) is 76.0. The van der Waals surface area contributed by atoms with Gasteiger partial charge in [0.1, 0.15) is 6.61 Å². The summed E-state index contributed by atoms with van der Waals surface area (Å²) in [7, 11) is 0. The van der Waals surface area contributed by atoms with E-state index in [9.17, 15) is 14.7 Å². The fraction of sp³-hybridized carbons (Fsp3) is 0.680. The van der Waals surface area contributed by atoms with Gasteiger partial charge >= 0.3 is 11.9 Å². The van der Waals surface area contributed by atoms with E-state index in [4.69, 9.17) is 9.47 Å². The second-order valence-electron chi connectivity index (χ2n) is 22.2. The van der Waals surface area contributed by atoms with Crippen LogP contribution in [0, 0.1) is 0 Å². The van der Waals surface area contributed by atoms with Gasteiger partial charge in [0.05, 0.1) is 6.61 Å². The summed E-state index contributed by atoms with van der Waals surface area (Å²) in [5.74, 6) is -0.640. The minimum Gasteiger partial charge on any atom is -0.462 e. The van der Waals surface area contributed by atoms with Gasteiger partial charge in [-0.15, -0.1) is 0 Å². The van der Waals surface area contributed by atoms with Gasteiger partial charge in [-0.05, 0) is 116 Å². The monoisotopic (exact) mass is 1110 g/mol. The lowest BCUT2D eigenvalue weighted by molar-refractivity contribution is -0.161. The average molecular weight is 1110 g/mol. The third kappa shape index (κ3) is 66.6. The first-order valence-corrected chi connectivity index (χ1v) is 33.7. The molecule has 456 valence electrons. The fourth-order valence-corrected chi connectivity index (χ4v) is 9.40. The van der Waals surface area contributed by atoms with Crippen molar-refractivity contribution in [3.05, 3.63) is 134 Å². The maximum Gasteiger partial charge on any atom is 0.306 e. The van der Waals surface area contributed by atoms with Crippen LogP contribution in [-0.2, 0) is 19.1 Å². The van der Waals surface area contributed by atoms with E-state index in [1.54, 1.807) is 0 Å². The summed E-state index contributed by atoms with van der Waals surface area (Å²) in [6.45, 7) is 4.01. The van der Waals surface area contributed by atoms with Crippen molar-refractivity contribution in [1.82, 2.24) is 0 Å². The maximum atomic E-state index is 12.3. The second kappa shape index (κ2) is 69.3. The smallest absolute Gasteiger partial charge is 0.306 e. The van der Waals surface area contributed by atoms with Gasteiger partial charge in [0.15, 0.2) is 6.10 Å². The molecule has 0 aliphatic heterocycles. The van der Waals surface area contributed by atoms with E-state index < -0.39 is 6.10 Å². The number of carbonyl (C=O) groups is 2. The van der Waals surface area contributed by atoms with E-state index in [2.05, 4.69) is 148 Å². The minimum absolute atomic E-state index is 0.0891. The number of hydrogen-bond donors (Lipinski definition) is 1. The SMILES string of the molecule is CC/C=C\C/C=C\C/C=C\C/C=C\C/C=C\C/C=C\C/C=C\C/C=C\C/C=C\C/C=C\CCCCC(=O)OC(CO)COC(=O)CCCCCCCCCCCCCCCCCCCCCCC/C=C\CCCCCCCCCC. The van der Waals surface area contributed by atoms with Crippen molar-refractivity contribution in [2.75, 3.05) is 13.2 Å². The lowest BCUT2D eigenvalue weighted by atomic mass is 10.0. The third-order valence-corrected chi connectivity index (χ3v) is 14.4. The highest BCUT2D eigenvalue weighted by atomic mass is 16.6. The number of esters is 2. The summed E-state index contributed by atoms with van der Waals surface area (Å²) >= 11 is 0. The number of allylic oxidation sites excluding steroid dienone is 22. The zero-order valence-corrected chi connectivity index (χ0v) is 52.3. The molecule has 5 nitrogen and oxygen atoms in total. The Hall–Kier alpha value is -3.96. The Morgan fingerprint density at radius 2 is 0.537 bits per heavy atom. The van der Waals surface area contributed by atoms with Crippen LogP contribution >= 0.6 is 0 Å². The Morgan fingerprint density at radius 1 is 0.300 bits per heavy atom. The zero-order valence-electron chi connectivity index (χ0n) is 52.3. The molecule has 1 N–H and O–H groups in total. The molecule has 0 fully saturated rings. The lowest BCUT2D eigenvalue weighted by Crippen LogP contribution is -2.28. The Morgan fingerprint density at radius 3 is 0.850 bits per heavy atom. The van der Waals surface area contributed by atoms with Gasteiger partial charge < -0.3 is 14.6 Å². The minimum atomic E-state index is -0.805. The van der Waals surface area contributed by atoms with Crippen molar-refractivity contribution >= 4 is 11.9 Å². The molecule has 80 heavy (non-hydrogen) atoms. The number of aliphatic hydroxyl groups excluding tert-OH is 1. The topological polar surface area (TPSA) is 72.8 Å². The van der Waals surface area contributed by atoms with Crippen molar-refractivity contribution in [2.24, 2.45) is 0 Å². The van der Waals surface area contributed by atoms with Crippen molar-refractivity contribution in [3.8, 4) is 0 Å². The first-order chi connectivity index (χ1) is 39.6. The van der Waals surface area contributed by atoms with Crippen molar-refractivity contribution < 1.29 is 24.2 Å². The summed E-state index contributed by atoms with van der Waals surface area (Å²) in [4.78, 5) is 24.6. The molecule has 0 rings (SSSR count). The van der Waals surface area contributed by atoms with E-state index in [-0.39, 0.29) is 25.2 Å². The van der Waals surface area contributed by atoms with Crippen LogP contribution in [0.25, 0.3) is 0 Å². The van der Waals surface area contributed by atoms with Gasteiger partial charge in [0.2, 0.25) is 0 Å². The lowest BCUT2D eigenvalue weighted by Gasteiger charge is -2.15.